The first-order chi connectivity index (χ1) is 22.8. The molecule has 0 saturated carbocycles. The van der Waals surface area contributed by atoms with Crippen molar-refractivity contribution in [3.8, 4) is 56.0 Å². The van der Waals surface area contributed by atoms with Gasteiger partial charge in [-0.1, -0.05) is 146 Å². The number of rotatable bonds is 1. The zero-order chi connectivity index (χ0) is 30.0. The zero-order valence-corrected chi connectivity index (χ0v) is 24.9. The maximum atomic E-state index is 6.67. The van der Waals surface area contributed by atoms with Crippen LogP contribution in [0, 0.1) is 0 Å². The Bertz CT molecular complexity index is 2620. The van der Waals surface area contributed by atoms with Crippen molar-refractivity contribution in [2.24, 2.45) is 0 Å². The first-order valence-corrected chi connectivity index (χ1v) is 16.0. The summed E-state index contributed by atoms with van der Waals surface area (Å²) in [5, 5.41) is 4.96. The van der Waals surface area contributed by atoms with Crippen LogP contribution in [0.2, 0.25) is 0 Å². The highest BCUT2D eigenvalue weighted by Gasteiger charge is 2.53. The van der Waals surface area contributed by atoms with Gasteiger partial charge in [-0.25, -0.2) is 0 Å². The Labute approximate surface area is 267 Å². The van der Waals surface area contributed by atoms with E-state index >= 15 is 0 Å². The lowest BCUT2D eigenvalue weighted by Crippen LogP contribution is -2.26. The van der Waals surface area contributed by atoms with Gasteiger partial charge in [0.25, 0.3) is 0 Å². The summed E-state index contributed by atoms with van der Waals surface area (Å²) in [5.74, 6) is 1.83. The summed E-state index contributed by atoms with van der Waals surface area (Å²) in [6.45, 7) is 0. The standard InChI is InChI=1S/C45H26O/c1-2-14-29-27(11-1)25-26-38-42(29)34-16-4-6-22-37(34)45(38)36-21-5-3-15-30(36)32-18-9-19-33(44(32)45)31-17-10-24-40-43(31)35-20-7-12-28-13-8-23-39(46-40)41(28)35/h1-26H. The molecule has 2 aliphatic carbocycles. The lowest BCUT2D eigenvalue weighted by Gasteiger charge is -2.33. The van der Waals surface area contributed by atoms with E-state index < -0.39 is 5.41 Å². The van der Waals surface area contributed by atoms with Crippen LogP contribution in [0.4, 0.5) is 0 Å². The number of fused-ring (bicyclic) bond motifs is 14. The van der Waals surface area contributed by atoms with Crippen molar-refractivity contribution in [1.29, 1.82) is 0 Å². The van der Waals surface area contributed by atoms with Crippen molar-refractivity contribution < 1.29 is 4.74 Å². The van der Waals surface area contributed by atoms with Gasteiger partial charge in [0.15, 0.2) is 0 Å². The summed E-state index contributed by atoms with van der Waals surface area (Å²) in [4.78, 5) is 0. The normalized spacial score (nSPS) is 16.1. The molecule has 3 aliphatic rings. The summed E-state index contributed by atoms with van der Waals surface area (Å²) in [6.07, 6.45) is 0. The number of hydrogen-bond donors (Lipinski definition) is 0. The van der Waals surface area contributed by atoms with Crippen molar-refractivity contribution in [2.75, 3.05) is 0 Å². The van der Waals surface area contributed by atoms with Gasteiger partial charge in [0, 0.05) is 10.9 Å². The number of benzene rings is 8. The summed E-state index contributed by atoms with van der Waals surface area (Å²) < 4.78 is 6.67. The molecule has 0 fully saturated rings. The molecule has 0 radical (unpaired) electrons. The molecule has 0 N–H and O–H groups in total. The quantitative estimate of drug-likeness (QED) is 0.187. The Morgan fingerprint density at radius 2 is 0.935 bits per heavy atom. The molecule has 8 aromatic rings. The van der Waals surface area contributed by atoms with Crippen LogP contribution >= 0.6 is 0 Å². The molecule has 1 nitrogen and oxygen atoms in total. The van der Waals surface area contributed by atoms with E-state index in [1.54, 1.807) is 0 Å². The molecule has 1 unspecified atom stereocenters. The molecule has 0 aromatic heterocycles. The minimum absolute atomic E-state index is 0.458. The minimum atomic E-state index is -0.458. The van der Waals surface area contributed by atoms with Crippen molar-refractivity contribution in [3.05, 3.63) is 180 Å². The molecular weight excluding hydrogens is 556 g/mol. The van der Waals surface area contributed by atoms with Crippen LogP contribution in [-0.4, -0.2) is 0 Å². The van der Waals surface area contributed by atoms with Crippen LogP contribution in [-0.2, 0) is 5.41 Å². The fourth-order valence-electron chi connectivity index (χ4n) is 9.03. The molecule has 1 spiro atoms. The fourth-order valence-corrected chi connectivity index (χ4v) is 9.03. The minimum Gasteiger partial charge on any atom is -0.456 e. The Morgan fingerprint density at radius 1 is 0.348 bits per heavy atom. The van der Waals surface area contributed by atoms with E-state index in [1.165, 1.54) is 82.7 Å². The van der Waals surface area contributed by atoms with Crippen molar-refractivity contribution in [1.82, 2.24) is 0 Å². The van der Waals surface area contributed by atoms with E-state index in [9.17, 15) is 0 Å². The smallest absolute Gasteiger partial charge is 0.135 e. The van der Waals surface area contributed by atoms with Crippen molar-refractivity contribution in [2.45, 2.75) is 5.41 Å². The lowest BCUT2D eigenvalue weighted by atomic mass is 9.68. The third-order valence-corrected chi connectivity index (χ3v) is 10.7. The van der Waals surface area contributed by atoms with E-state index in [2.05, 4.69) is 158 Å². The Balaban J connectivity index is 1.31. The third-order valence-electron chi connectivity index (χ3n) is 10.7. The predicted octanol–water partition coefficient (Wildman–Crippen LogP) is 11.8. The molecule has 0 saturated heterocycles. The largest absolute Gasteiger partial charge is 0.456 e. The van der Waals surface area contributed by atoms with Crippen LogP contribution in [0.1, 0.15) is 22.3 Å². The highest BCUT2D eigenvalue weighted by atomic mass is 16.5. The molecular formula is C45H26O. The maximum Gasteiger partial charge on any atom is 0.135 e. The second-order valence-electron chi connectivity index (χ2n) is 12.7. The van der Waals surface area contributed by atoms with E-state index in [-0.39, 0.29) is 0 Å². The second-order valence-corrected chi connectivity index (χ2v) is 12.7. The van der Waals surface area contributed by atoms with E-state index in [1.807, 2.05) is 0 Å². The lowest BCUT2D eigenvalue weighted by molar-refractivity contribution is 0.487. The second kappa shape index (κ2) is 8.62. The van der Waals surface area contributed by atoms with Gasteiger partial charge < -0.3 is 4.74 Å². The van der Waals surface area contributed by atoms with Gasteiger partial charge >= 0.3 is 0 Å². The maximum absolute atomic E-state index is 6.67. The van der Waals surface area contributed by atoms with Crippen LogP contribution in [0.5, 0.6) is 11.5 Å². The molecule has 0 bridgehead atoms. The summed E-state index contributed by atoms with van der Waals surface area (Å²) in [5.41, 5.74) is 15.1. The van der Waals surface area contributed by atoms with Gasteiger partial charge in [0.05, 0.1) is 5.41 Å². The Kier molecular flexibility index (Phi) is 4.57. The summed E-state index contributed by atoms with van der Waals surface area (Å²) in [7, 11) is 0. The highest BCUT2D eigenvalue weighted by molar-refractivity contribution is 6.10. The fraction of sp³-hybridized carbons (Fsp3) is 0.0222. The first kappa shape index (κ1) is 24.4. The van der Waals surface area contributed by atoms with Gasteiger partial charge in [0.1, 0.15) is 11.5 Å². The summed E-state index contributed by atoms with van der Waals surface area (Å²) in [6, 6.07) is 58.2. The average molecular weight is 583 g/mol. The van der Waals surface area contributed by atoms with E-state index in [0.717, 1.165) is 17.1 Å². The van der Waals surface area contributed by atoms with E-state index in [0.29, 0.717) is 0 Å². The van der Waals surface area contributed by atoms with Gasteiger partial charge in [-0.15, -0.1) is 0 Å². The van der Waals surface area contributed by atoms with Crippen LogP contribution in [0.25, 0.3) is 66.1 Å². The van der Waals surface area contributed by atoms with Gasteiger partial charge in [-0.3, -0.25) is 0 Å². The molecule has 1 atom stereocenters. The molecule has 1 heterocycles. The van der Waals surface area contributed by atoms with E-state index in [4.69, 9.17) is 4.74 Å². The SMILES string of the molecule is c1ccc2c(c1)-c1cccc(-c3cccc4c3-c3cccc5cccc(c35)O4)c1C21c2ccccc2-c2c1ccc1ccccc21. The van der Waals surface area contributed by atoms with Gasteiger partial charge in [-0.05, 0) is 89.5 Å². The van der Waals surface area contributed by atoms with Gasteiger partial charge in [-0.2, -0.15) is 0 Å². The van der Waals surface area contributed by atoms with Crippen LogP contribution in [0.3, 0.4) is 0 Å². The molecule has 11 rings (SSSR count). The number of hydrogen-bond acceptors (Lipinski definition) is 1. The molecule has 212 valence electrons. The summed E-state index contributed by atoms with van der Waals surface area (Å²) >= 11 is 0. The zero-order valence-electron chi connectivity index (χ0n) is 24.9. The monoisotopic (exact) mass is 582 g/mol. The Hall–Kier alpha value is -5.92. The van der Waals surface area contributed by atoms with Crippen LogP contribution < -0.4 is 4.74 Å². The molecule has 46 heavy (non-hydrogen) atoms. The molecule has 1 aliphatic heterocycles. The highest BCUT2D eigenvalue weighted by Crippen LogP contribution is 2.66. The average Bonchev–Trinajstić information content (AvgIpc) is 3.59. The van der Waals surface area contributed by atoms with Gasteiger partial charge in [0.2, 0.25) is 0 Å². The third kappa shape index (κ3) is 2.83. The molecule has 8 aromatic carbocycles. The van der Waals surface area contributed by atoms with Crippen molar-refractivity contribution in [3.63, 3.8) is 0 Å². The van der Waals surface area contributed by atoms with Crippen molar-refractivity contribution >= 4 is 21.5 Å². The first-order valence-electron chi connectivity index (χ1n) is 16.0. The predicted molar refractivity (Wildman–Crippen MR) is 189 cm³/mol. The topological polar surface area (TPSA) is 9.23 Å². The Morgan fingerprint density at radius 3 is 1.83 bits per heavy atom. The molecule has 1 heteroatoms. The number of ether oxygens (including phenoxy) is 1. The molecule has 0 amide bonds. The van der Waals surface area contributed by atoms with Crippen LogP contribution in [0.15, 0.2) is 158 Å².